The Morgan fingerprint density at radius 1 is 1.50 bits per heavy atom. The topological polar surface area (TPSA) is 29.5 Å². The van der Waals surface area contributed by atoms with Gasteiger partial charge in [-0.25, -0.2) is 0 Å². The van der Waals surface area contributed by atoms with E-state index in [9.17, 15) is 4.79 Å². The molecule has 0 spiro atoms. The van der Waals surface area contributed by atoms with Crippen LogP contribution in [0.2, 0.25) is 0 Å². The third-order valence-electron chi connectivity index (χ3n) is 2.18. The molecule has 1 aliphatic carbocycles. The van der Waals surface area contributed by atoms with Crippen molar-refractivity contribution in [3.8, 4) is 0 Å². The number of hydrogen-bond donors (Lipinski definition) is 0. The summed E-state index contributed by atoms with van der Waals surface area (Å²) in [6.45, 7) is 3.17. The lowest BCUT2D eigenvalue weighted by molar-refractivity contribution is -0.150. The number of rotatable bonds is 4. The molecule has 0 atom stereocenters. The van der Waals surface area contributed by atoms with E-state index in [0.29, 0.717) is 6.61 Å². The number of carbonyl (C=O) groups excluding carboxylic acids is 1. The van der Waals surface area contributed by atoms with Crippen LogP contribution in [0.1, 0.15) is 19.8 Å². The van der Waals surface area contributed by atoms with E-state index < -0.39 is 0 Å². The minimum atomic E-state index is -0.153. The van der Waals surface area contributed by atoms with Crippen LogP contribution >= 0.6 is 0 Å². The van der Waals surface area contributed by atoms with Crippen molar-refractivity contribution >= 4 is 5.97 Å². The Kier molecular flexibility index (Phi) is 2.73. The molecule has 12 heavy (non-hydrogen) atoms. The third kappa shape index (κ3) is 1.97. The zero-order valence-corrected chi connectivity index (χ0v) is 8.09. The molecule has 1 rings (SSSR count). The minimum Gasteiger partial charge on any atom is -0.466 e. The van der Waals surface area contributed by atoms with Crippen molar-refractivity contribution < 1.29 is 9.53 Å². The summed E-state index contributed by atoms with van der Waals surface area (Å²) < 4.78 is 5.00. The van der Waals surface area contributed by atoms with E-state index in [-0.39, 0.29) is 11.4 Å². The molecular formula is C9H17NO2. The quantitative estimate of drug-likeness (QED) is 0.588. The van der Waals surface area contributed by atoms with Crippen LogP contribution in [0.25, 0.3) is 0 Å². The zero-order chi connectivity index (χ0) is 9.19. The summed E-state index contributed by atoms with van der Waals surface area (Å²) in [6.07, 6.45) is 1.98. The van der Waals surface area contributed by atoms with Crippen molar-refractivity contribution in [3.63, 3.8) is 0 Å². The first-order valence-corrected chi connectivity index (χ1v) is 4.43. The second-order valence-corrected chi connectivity index (χ2v) is 3.74. The van der Waals surface area contributed by atoms with E-state index in [1.54, 1.807) is 0 Å². The van der Waals surface area contributed by atoms with Crippen molar-refractivity contribution in [1.29, 1.82) is 0 Å². The Bertz CT molecular complexity index is 173. The first kappa shape index (κ1) is 9.52. The highest BCUT2D eigenvalue weighted by atomic mass is 16.5. The van der Waals surface area contributed by atoms with Gasteiger partial charge in [0, 0.05) is 6.54 Å². The molecular weight excluding hydrogens is 154 g/mol. The summed E-state index contributed by atoms with van der Waals surface area (Å²) in [7, 11) is 3.97. The second-order valence-electron chi connectivity index (χ2n) is 3.74. The van der Waals surface area contributed by atoms with Crippen LogP contribution in [-0.4, -0.2) is 38.1 Å². The van der Waals surface area contributed by atoms with Crippen molar-refractivity contribution in [3.05, 3.63) is 0 Å². The first-order valence-electron chi connectivity index (χ1n) is 4.43. The fourth-order valence-corrected chi connectivity index (χ4v) is 1.47. The van der Waals surface area contributed by atoms with Gasteiger partial charge >= 0.3 is 5.97 Å². The Balaban J connectivity index is 2.43. The molecule has 0 aromatic rings. The predicted molar refractivity (Wildman–Crippen MR) is 46.9 cm³/mol. The van der Waals surface area contributed by atoms with Crippen LogP contribution in [0.3, 0.4) is 0 Å². The zero-order valence-electron chi connectivity index (χ0n) is 8.09. The standard InChI is InChI=1S/C9H17NO2/c1-4-12-8(11)9(5-6-9)7-10(2)3/h4-7H2,1-3H3. The van der Waals surface area contributed by atoms with E-state index in [0.717, 1.165) is 19.4 Å². The lowest BCUT2D eigenvalue weighted by Gasteiger charge is -2.17. The molecule has 0 aromatic carbocycles. The minimum absolute atomic E-state index is 0.0151. The maximum absolute atomic E-state index is 11.4. The number of ether oxygens (including phenoxy) is 1. The van der Waals surface area contributed by atoms with Gasteiger partial charge in [-0.3, -0.25) is 4.79 Å². The molecule has 0 N–H and O–H groups in total. The lowest BCUT2D eigenvalue weighted by Crippen LogP contribution is -2.30. The lowest BCUT2D eigenvalue weighted by atomic mass is 10.1. The van der Waals surface area contributed by atoms with Crippen molar-refractivity contribution in [2.45, 2.75) is 19.8 Å². The Hall–Kier alpha value is -0.570. The molecule has 0 unspecified atom stereocenters. The molecule has 0 radical (unpaired) electrons. The van der Waals surface area contributed by atoms with Gasteiger partial charge in [0.2, 0.25) is 0 Å². The van der Waals surface area contributed by atoms with Crippen molar-refractivity contribution in [1.82, 2.24) is 4.90 Å². The third-order valence-corrected chi connectivity index (χ3v) is 2.18. The molecule has 0 aromatic heterocycles. The maximum Gasteiger partial charge on any atom is 0.313 e. The van der Waals surface area contributed by atoms with Gasteiger partial charge in [0.25, 0.3) is 0 Å². The Labute approximate surface area is 73.7 Å². The average molecular weight is 171 g/mol. The molecule has 0 heterocycles. The molecule has 1 aliphatic rings. The molecule has 1 fully saturated rings. The molecule has 3 nitrogen and oxygen atoms in total. The Morgan fingerprint density at radius 2 is 2.08 bits per heavy atom. The summed E-state index contributed by atoms with van der Waals surface area (Å²) in [5.41, 5.74) is -0.153. The van der Waals surface area contributed by atoms with Gasteiger partial charge in [-0.1, -0.05) is 0 Å². The summed E-state index contributed by atoms with van der Waals surface area (Å²) in [6, 6.07) is 0. The van der Waals surface area contributed by atoms with E-state index in [2.05, 4.69) is 0 Å². The highest BCUT2D eigenvalue weighted by Gasteiger charge is 2.51. The van der Waals surface area contributed by atoms with Gasteiger partial charge in [-0.05, 0) is 33.9 Å². The average Bonchev–Trinajstić information content (AvgIpc) is 2.69. The van der Waals surface area contributed by atoms with Crippen LogP contribution < -0.4 is 0 Å². The summed E-state index contributed by atoms with van der Waals surface area (Å²) in [5, 5.41) is 0. The van der Waals surface area contributed by atoms with Gasteiger partial charge in [-0.2, -0.15) is 0 Å². The summed E-state index contributed by atoms with van der Waals surface area (Å²) >= 11 is 0. The second kappa shape index (κ2) is 3.44. The molecule has 0 aliphatic heterocycles. The first-order chi connectivity index (χ1) is 5.60. The predicted octanol–water partition coefficient (Wildman–Crippen LogP) is 0.891. The van der Waals surface area contributed by atoms with Gasteiger partial charge in [0.15, 0.2) is 0 Å². The van der Waals surface area contributed by atoms with Crippen molar-refractivity contribution in [2.24, 2.45) is 5.41 Å². The molecule has 3 heteroatoms. The summed E-state index contributed by atoms with van der Waals surface area (Å²) in [4.78, 5) is 13.5. The Morgan fingerprint density at radius 3 is 2.42 bits per heavy atom. The number of esters is 1. The van der Waals surface area contributed by atoms with Gasteiger partial charge in [-0.15, -0.1) is 0 Å². The van der Waals surface area contributed by atoms with Gasteiger partial charge < -0.3 is 9.64 Å². The molecule has 0 amide bonds. The van der Waals surface area contributed by atoms with E-state index in [1.165, 1.54) is 0 Å². The molecule has 1 saturated carbocycles. The van der Waals surface area contributed by atoms with Crippen LogP contribution in [0, 0.1) is 5.41 Å². The monoisotopic (exact) mass is 171 g/mol. The van der Waals surface area contributed by atoms with Gasteiger partial charge in [0.05, 0.1) is 12.0 Å². The molecule has 0 bridgehead atoms. The normalized spacial score (nSPS) is 19.3. The van der Waals surface area contributed by atoms with Crippen LogP contribution in [0.4, 0.5) is 0 Å². The van der Waals surface area contributed by atoms with E-state index in [1.807, 2.05) is 25.9 Å². The maximum atomic E-state index is 11.4. The number of hydrogen-bond acceptors (Lipinski definition) is 3. The van der Waals surface area contributed by atoms with Crippen LogP contribution in [-0.2, 0) is 9.53 Å². The van der Waals surface area contributed by atoms with Crippen LogP contribution in [0.5, 0.6) is 0 Å². The van der Waals surface area contributed by atoms with E-state index in [4.69, 9.17) is 4.74 Å². The van der Waals surface area contributed by atoms with E-state index >= 15 is 0 Å². The smallest absolute Gasteiger partial charge is 0.313 e. The summed E-state index contributed by atoms with van der Waals surface area (Å²) in [5.74, 6) is -0.0151. The van der Waals surface area contributed by atoms with Gasteiger partial charge in [0.1, 0.15) is 0 Å². The largest absolute Gasteiger partial charge is 0.466 e. The SMILES string of the molecule is CCOC(=O)C1(CN(C)C)CC1. The van der Waals surface area contributed by atoms with Crippen molar-refractivity contribution in [2.75, 3.05) is 27.2 Å². The molecule has 0 saturated heterocycles. The highest BCUT2D eigenvalue weighted by molar-refractivity contribution is 5.80. The van der Waals surface area contributed by atoms with Crippen LogP contribution in [0.15, 0.2) is 0 Å². The fourth-order valence-electron chi connectivity index (χ4n) is 1.47. The molecule has 70 valence electrons. The highest BCUT2D eigenvalue weighted by Crippen LogP contribution is 2.47. The number of nitrogens with zero attached hydrogens (tertiary/aromatic N) is 1. The fraction of sp³-hybridized carbons (Fsp3) is 0.889. The number of carbonyl (C=O) groups is 1.